The molecule has 0 N–H and O–H groups in total. The van der Waals surface area contributed by atoms with Crippen LogP contribution in [0.2, 0.25) is 0 Å². The topological polar surface area (TPSA) is 6.48 Å². The molecular formula is C29H44N2. The number of anilines is 1. The molecule has 0 aliphatic carbocycles. The standard InChI is InChI=1S/C29H44N2/c1-13-25(19(4)5)28(22(10)18(2)3)30-17-31(24(12)23(30)11)29-26(20(6)7)15-14-16-27(29)21(8)9/h13-16,18-21H,1,10,17H2,2-9,11-12H3. The first kappa shape index (κ1) is 25.0. The first-order valence-electron chi connectivity index (χ1n) is 11.8. The SMILES string of the molecule is C=CC(=C(C(=C)C(C)C)N1CN(c2c(C(C)C)cccc2C(C)C)C(C)=C1C)C(C)C. The van der Waals surface area contributed by atoms with E-state index in [-0.39, 0.29) is 0 Å². The fourth-order valence-electron chi connectivity index (χ4n) is 4.44. The largest absolute Gasteiger partial charge is 0.325 e. The van der Waals surface area contributed by atoms with E-state index < -0.39 is 0 Å². The summed E-state index contributed by atoms with van der Waals surface area (Å²) in [7, 11) is 0. The van der Waals surface area contributed by atoms with E-state index in [0.717, 1.165) is 6.67 Å². The summed E-state index contributed by atoms with van der Waals surface area (Å²) in [5.74, 6) is 1.70. The van der Waals surface area contributed by atoms with Crippen LogP contribution < -0.4 is 4.90 Å². The molecule has 0 amide bonds. The van der Waals surface area contributed by atoms with Gasteiger partial charge in [-0.2, -0.15) is 0 Å². The quantitative estimate of drug-likeness (QED) is 0.389. The molecule has 1 aromatic carbocycles. The van der Waals surface area contributed by atoms with Crippen LogP contribution in [-0.4, -0.2) is 11.6 Å². The molecule has 0 saturated carbocycles. The molecule has 1 aromatic rings. The molecule has 2 rings (SSSR count). The average molecular weight is 421 g/mol. The van der Waals surface area contributed by atoms with Gasteiger partial charge in [0.1, 0.15) is 0 Å². The molecule has 0 radical (unpaired) electrons. The lowest BCUT2D eigenvalue weighted by molar-refractivity contribution is 0.453. The lowest BCUT2D eigenvalue weighted by atomic mass is 9.91. The van der Waals surface area contributed by atoms with Gasteiger partial charge < -0.3 is 9.80 Å². The Morgan fingerprint density at radius 2 is 1.39 bits per heavy atom. The van der Waals surface area contributed by atoms with E-state index in [0.29, 0.717) is 23.7 Å². The van der Waals surface area contributed by atoms with Gasteiger partial charge in [0.25, 0.3) is 0 Å². The summed E-state index contributed by atoms with van der Waals surface area (Å²) in [6.07, 6.45) is 2.03. The van der Waals surface area contributed by atoms with Crippen molar-refractivity contribution < 1.29 is 0 Å². The smallest absolute Gasteiger partial charge is 0.0995 e. The minimum atomic E-state index is 0.375. The summed E-state index contributed by atoms with van der Waals surface area (Å²) in [4.78, 5) is 4.99. The van der Waals surface area contributed by atoms with Crippen molar-refractivity contribution in [1.29, 1.82) is 0 Å². The zero-order valence-electron chi connectivity index (χ0n) is 21.6. The van der Waals surface area contributed by atoms with Crippen LogP contribution >= 0.6 is 0 Å². The number of allylic oxidation sites excluding steroid dienone is 5. The molecule has 0 aromatic heterocycles. The van der Waals surface area contributed by atoms with E-state index in [2.05, 4.69) is 110 Å². The predicted molar refractivity (Wildman–Crippen MR) is 138 cm³/mol. The third-order valence-corrected chi connectivity index (χ3v) is 6.61. The maximum atomic E-state index is 4.51. The van der Waals surface area contributed by atoms with Gasteiger partial charge in [0.2, 0.25) is 0 Å². The van der Waals surface area contributed by atoms with Crippen molar-refractivity contribution in [3.8, 4) is 0 Å². The maximum Gasteiger partial charge on any atom is 0.0995 e. The van der Waals surface area contributed by atoms with Gasteiger partial charge in [-0.1, -0.05) is 92.8 Å². The van der Waals surface area contributed by atoms with Crippen molar-refractivity contribution in [2.75, 3.05) is 11.6 Å². The molecule has 1 heterocycles. The maximum absolute atomic E-state index is 4.51. The highest BCUT2D eigenvalue weighted by Gasteiger charge is 2.32. The molecule has 0 atom stereocenters. The number of hydrogen-bond donors (Lipinski definition) is 0. The second-order valence-corrected chi connectivity index (χ2v) is 10.1. The Balaban J connectivity index is 2.71. The summed E-state index contributed by atoms with van der Waals surface area (Å²) in [5, 5.41) is 0. The summed E-state index contributed by atoms with van der Waals surface area (Å²) in [6.45, 7) is 32.1. The number of rotatable bonds is 8. The zero-order chi connectivity index (χ0) is 23.6. The first-order chi connectivity index (χ1) is 14.4. The summed E-state index contributed by atoms with van der Waals surface area (Å²) in [5.41, 5.74) is 10.5. The van der Waals surface area contributed by atoms with Crippen LogP contribution in [0.3, 0.4) is 0 Å². The molecule has 0 bridgehead atoms. The Kier molecular flexibility index (Phi) is 8.03. The second-order valence-electron chi connectivity index (χ2n) is 10.1. The van der Waals surface area contributed by atoms with Crippen molar-refractivity contribution in [1.82, 2.24) is 4.90 Å². The van der Waals surface area contributed by atoms with Crippen molar-refractivity contribution in [2.45, 2.75) is 81.1 Å². The van der Waals surface area contributed by atoms with Crippen LogP contribution in [0.15, 0.2) is 65.7 Å². The fraction of sp³-hybridized carbons (Fsp3) is 0.517. The van der Waals surface area contributed by atoms with Crippen LogP contribution in [0.4, 0.5) is 5.69 Å². The minimum absolute atomic E-state index is 0.375. The van der Waals surface area contributed by atoms with Crippen molar-refractivity contribution in [3.63, 3.8) is 0 Å². The predicted octanol–water partition coefficient (Wildman–Crippen LogP) is 8.57. The minimum Gasteiger partial charge on any atom is -0.325 e. The molecule has 2 nitrogen and oxygen atoms in total. The van der Waals surface area contributed by atoms with Gasteiger partial charge in [0.15, 0.2) is 0 Å². The first-order valence-corrected chi connectivity index (χ1v) is 11.8. The van der Waals surface area contributed by atoms with Gasteiger partial charge in [-0.15, -0.1) is 0 Å². The van der Waals surface area contributed by atoms with Crippen LogP contribution in [0, 0.1) is 11.8 Å². The van der Waals surface area contributed by atoms with E-state index in [9.17, 15) is 0 Å². The van der Waals surface area contributed by atoms with E-state index in [1.165, 1.54) is 45.1 Å². The lowest BCUT2D eigenvalue weighted by Gasteiger charge is -2.33. The summed E-state index contributed by atoms with van der Waals surface area (Å²) < 4.78 is 0. The highest BCUT2D eigenvalue weighted by Crippen LogP contribution is 2.42. The number of benzene rings is 1. The zero-order valence-corrected chi connectivity index (χ0v) is 21.6. The molecule has 0 unspecified atom stereocenters. The van der Waals surface area contributed by atoms with Crippen LogP contribution in [0.5, 0.6) is 0 Å². The van der Waals surface area contributed by atoms with Crippen molar-refractivity contribution in [2.24, 2.45) is 11.8 Å². The van der Waals surface area contributed by atoms with Crippen LogP contribution in [0.1, 0.15) is 92.2 Å². The molecular weight excluding hydrogens is 376 g/mol. The van der Waals surface area contributed by atoms with E-state index in [1.54, 1.807) is 0 Å². The number of hydrogen-bond acceptors (Lipinski definition) is 2. The molecule has 31 heavy (non-hydrogen) atoms. The Labute approximate surface area is 192 Å². The third-order valence-electron chi connectivity index (χ3n) is 6.61. The van der Waals surface area contributed by atoms with Crippen LogP contribution in [-0.2, 0) is 0 Å². The number of nitrogens with zero attached hydrogens (tertiary/aromatic N) is 2. The molecule has 1 aliphatic rings. The van der Waals surface area contributed by atoms with E-state index in [4.69, 9.17) is 0 Å². The van der Waals surface area contributed by atoms with Crippen molar-refractivity contribution >= 4 is 5.69 Å². The second kappa shape index (κ2) is 9.94. The van der Waals surface area contributed by atoms with E-state index in [1.807, 2.05) is 6.08 Å². The Morgan fingerprint density at radius 1 is 0.871 bits per heavy atom. The van der Waals surface area contributed by atoms with Gasteiger partial charge in [0.05, 0.1) is 6.67 Å². The molecule has 170 valence electrons. The molecule has 0 spiro atoms. The summed E-state index contributed by atoms with van der Waals surface area (Å²) in [6, 6.07) is 6.81. The molecule has 0 fully saturated rings. The summed E-state index contributed by atoms with van der Waals surface area (Å²) >= 11 is 0. The van der Waals surface area contributed by atoms with Gasteiger partial charge >= 0.3 is 0 Å². The van der Waals surface area contributed by atoms with Gasteiger partial charge in [0, 0.05) is 22.8 Å². The highest BCUT2D eigenvalue weighted by atomic mass is 15.4. The highest BCUT2D eigenvalue weighted by molar-refractivity contribution is 5.67. The van der Waals surface area contributed by atoms with Crippen LogP contribution in [0.25, 0.3) is 0 Å². The molecule has 0 saturated heterocycles. The third kappa shape index (κ3) is 4.84. The molecule has 1 aliphatic heterocycles. The normalized spacial score (nSPS) is 15.7. The Bertz CT molecular complexity index is 867. The van der Waals surface area contributed by atoms with Gasteiger partial charge in [-0.05, 0) is 59.8 Å². The Hall–Kier alpha value is -2.22. The monoisotopic (exact) mass is 420 g/mol. The lowest BCUT2D eigenvalue weighted by Crippen LogP contribution is -2.31. The van der Waals surface area contributed by atoms with Gasteiger partial charge in [-0.3, -0.25) is 0 Å². The van der Waals surface area contributed by atoms with Crippen molar-refractivity contribution in [3.05, 3.63) is 76.8 Å². The number of para-hydroxylation sites is 1. The average Bonchev–Trinajstić information content (AvgIpc) is 2.98. The molecule has 2 heteroatoms. The van der Waals surface area contributed by atoms with Gasteiger partial charge in [-0.25, -0.2) is 0 Å². The Morgan fingerprint density at radius 3 is 1.77 bits per heavy atom. The van der Waals surface area contributed by atoms with E-state index >= 15 is 0 Å². The fourth-order valence-corrected chi connectivity index (χ4v) is 4.44.